The Balaban J connectivity index is 1.27. The number of hydrogen-bond acceptors (Lipinski definition) is 5. The van der Waals surface area contributed by atoms with Crippen molar-refractivity contribution in [1.82, 2.24) is 5.32 Å². The molecule has 3 aromatic carbocycles. The van der Waals surface area contributed by atoms with Crippen LogP contribution in [0.2, 0.25) is 5.02 Å². The van der Waals surface area contributed by atoms with Gasteiger partial charge in [0.15, 0.2) is 0 Å². The zero-order valence-corrected chi connectivity index (χ0v) is 24.8. The molecular formula is C31H35ClN4O4S. The largest absolute Gasteiger partial charge is 0.372 e. The molecule has 1 saturated heterocycles. The fourth-order valence-electron chi connectivity index (χ4n) is 5.66. The number of halogens is 1. The van der Waals surface area contributed by atoms with E-state index in [1.807, 2.05) is 18.2 Å². The van der Waals surface area contributed by atoms with Gasteiger partial charge >= 0.3 is 0 Å². The third kappa shape index (κ3) is 6.21. The summed E-state index contributed by atoms with van der Waals surface area (Å²) in [4.78, 5) is 28.8. The maximum atomic E-state index is 14.1. The quantitative estimate of drug-likeness (QED) is 0.369. The van der Waals surface area contributed by atoms with Crippen LogP contribution in [0.1, 0.15) is 36.8 Å². The van der Waals surface area contributed by atoms with Crippen LogP contribution in [-0.4, -0.2) is 45.9 Å². The Morgan fingerprint density at radius 3 is 2.41 bits per heavy atom. The van der Waals surface area contributed by atoms with Crippen molar-refractivity contribution in [2.75, 3.05) is 34.2 Å². The van der Waals surface area contributed by atoms with E-state index in [1.165, 1.54) is 11.8 Å². The van der Waals surface area contributed by atoms with Gasteiger partial charge in [-0.05, 0) is 86.6 Å². The van der Waals surface area contributed by atoms with E-state index in [2.05, 4.69) is 27.7 Å². The van der Waals surface area contributed by atoms with Gasteiger partial charge in [0, 0.05) is 30.3 Å². The number of anilines is 3. The lowest BCUT2D eigenvalue weighted by Gasteiger charge is -2.37. The van der Waals surface area contributed by atoms with Gasteiger partial charge in [-0.3, -0.25) is 13.9 Å². The molecule has 0 bridgehead atoms. The third-order valence-corrected chi connectivity index (χ3v) is 10.3. The van der Waals surface area contributed by atoms with Crippen LogP contribution >= 0.6 is 11.6 Å². The number of piperidine rings is 1. The first-order valence-electron chi connectivity index (χ1n) is 13.9. The number of benzene rings is 3. The summed E-state index contributed by atoms with van der Waals surface area (Å²) in [5, 5.41) is 6.17. The van der Waals surface area contributed by atoms with Gasteiger partial charge in [0.1, 0.15) is 6.04 Å². The molecule has 2 heterocycles. The van der Waals surface area contributed by atoms with Gasteiger partial charge in [-0.1, -0.05) is 41.9 Å². The highest BCUT2D eigenvalue weighted by atomic mass is 35.5. The van der Waals surface area contributed by atoms with Crippen molar-refractivity contribution in [3.63, 3.8) is 0 Å². The van der Waals surface area contributed by atoms with Gasteiger partial charge in [0.25, 0.3) is 10.0 Å². The minimum atomic E-state index is -4.21. The molecule has 2 amide bonds. The third-order valence-electron chi connectivity index (χ3n) is 7.97. The van der Waals surface area contributed by atoms with Crippen molar-refractivity contribution in [3.8, 4) is 0 Å². The smallest absolute Gasteiger partial charge is 0.265 e. The van der Waals surface area contributed by atoms with Crippen LogP contribution in [0.4, 0.5) is 17.1 Å². The lowest BCUT2D eigenvalue weighted by Crippen LogP contribution is -2.53. The Hall–Kier alpha value is -3.56. The number of sulfonamides is 1. The summed E-state index contributed by atoms with van der Waals surface area (Å²) >= 11 is 6.24. The number of hydrogen-bond donors (Lipinski definition) is 2. The Bertz CT molecular complexity index is 1540. The van der Waals surface area contributed by atoms with Gasteiger partial charge in [-0.25, -0.2) is 8.42 Å². The predicted octanol–water partition coefficient (Wildman–Crippen LogP) is 5.29. The lowest BCUT2D eigenvalue weighted by atomic mass is 9.93. The summed E-state index contributed by atoms with van der Waals surface area (Å²) in [6, 6.07) is 19.0. The molecule has 0 aromatic heterocycles. The van der Waals surface area contributed by atoms with Crippen LogP contribution in [0, 0.1) is 19.8 Å². The summed E-state index contributed by atoms with van der Waals surface area (Å²) in [5.74, 6) is -0.414. The van der Waals surface area contributed by atoms with E-state index in [4.69, 9.17) is 11.6 Å². The molecular weight excluding hydrogens is 560 g/mol. The van der Waals surface area contributed by atoms with Crippen molar-refractivity contribution in [2.24, 2.45) is 5.92 Å². The van der Waals surface area contributed by atoms with E-state index in [1.54, 1.807) is 44.2 Å². The first-order chi connectivity index (χ1) is 19.6. The Labute approximate surface area is 246 Å². The van der Waals surface area contributed by atoms with Gasteiger partial charge in [-0.15, -0.1) is 0 Å². The Morgan fingerprint density at radius 1 is 1.00 bits per heavy atom. The first kappa shape index (κ1) is 29.0. The van der Waals surface area contributed by atoms with Crippen molar-refractivity contribution in [2.45, 2.75) is 50.5 Å². The summed E-state index contributed by atoms with van der Waals surface area (Å²) in [7, 11) is -4.21. The molecule has 0 saturated carbocycles. The van der Waals surface area contributed by atoms with Gasteiger partial charge < -0.3 is 15.5 Å². The zero-order chi connectivity index (χ0) is 29.1. The van der Waals surface area contributed by atoms with E-state index < -0.39 is 22.0 Å². The van der Waals surface area contributed by atoms with Gasteiger partial charge in [-0.2, -0.15) is 0 Å². The van der Waals surface area contributed by atoms with Gasteiger partial charge in [0.05, 0.1) is 22.7 Å². The second-order valence-electron chi connectivity index (χ2n) is 10.8. The summed E-state index contributed by atoms with van der Waals surface area (Å²) < 4.78 is 29.3. The standard InChI is InChI=1S/C31H35ClN4O4S/c1-21-19-29(22(2)18-25(21)32)41(39,40)36-27-11-7-6-10-26(27)34-31(38)28(36)20-30(37)33-15-12-23-13-16-35(17-14-23)24-8-4-3-5-9-24/h3-11,18-19,23,28H,12-17,20H2,1-2H3,(H,33,37)(H,34,38)/t28-/m1/s1. The van der Waals surface area contributed by atoms with E-state index in [0.717, 1.165) is 36.7 Å². The molecule has 5 rings (SSSR count). The first-order valence-corrected chi connectivity index (χ1v) is 15.7. The summed E-state index contributed by atoms with van der Waals surface area (Å²) in [5.41, 5.74) is 3.00. The molecule has 216 valence electrons. The van der Waals surface area contributed by atoms with Crippen LogP contribution in [0.3, 0.4) is 0 Å². The number of fused-ring (bicyclic) bond motifs is 1. The monoisotopic (exact) mass is 594 g/mol. The van der Waals surface area contributed by atoms with E-state index >= 15 is 0 Å². The number of aryl methyl sites for hydroxylation is 2. The van der Waals surface area contributed by atoms with Crippen molar-refractivity contribution >= 4 is 50.5 Å². The van der Waals surface area contributed by atoms with E-state index in [-0.39, 0.29) is 17.2 Å². The highest BCUT2D eigenvalue weighted by molar-refractivity contribution is 7.93. The van der Waals surface area contributed by atoms with Gasteiger partial charge in [0.2, 0.25) is 11.8 Å². The maximum absolute atomic E-state index is 14.1. The molecule has 1 fully saturated rings. The number of rotatable bonds is 8. The zero-order valence-electron chi connectivity index (χ0n) is 23.3. The summed E-state index contributed by atoms with van der Waals surface area (Å²) in [6.07, 6.45) is 2.62. The topological polar surface area (TPSA) is 98.8 Å². The SMILES string of the molecule is Cc1cc(S(=O)(=O)N2c3ccccc3NC(=O)[C@H]2CC(=O)NCCC2CCN(c3ccccc3)CC2)c(C)cc1Cl. The molecule has 3 aromatic rings. The molecule has 10 heteroatoms. The minimum absolute atomic E-state index is 0.0520. The second-order valence-corrected chi connectivity index (χ2v) is 13.0. The highest BCUT2D eigenvalue weighted by Crippen LogP contribution is 2.38. The number of para-hydroxylation sites is 3. The number of amides is 2. The van der Waals surface area contributed by atoms with Crippen LogP contribution < -0.4 is 19.8 Å². The average molecular weight is 595 g/mol. The average Bonchev–Trinajstić information content (AvgIpc) is 2.96. The molecule has 0 unspecified atom stereocenters. The van der Waals surface area contributed by atoms with Crippen molar-refractivity contribution < 1.29 is 18.0 Å². The molecule has 8 nitrogen and oxygen atoms in total. The van der Waals surface area contributed by atoms with Crippen LogP contribution in [0.25, 0.3) is 0 Å². The van der Waals surface area contributed by atoms with Crippen LogP contribution in [0.5, 0.6) is 0 Å². The number of carbonyl (C=O) groups is 2. The van der Waals surface area contributed by atoms with Crippen molar-refractivity contribution in [3.05, 3.63) is 82.9 Å². The fourth-order valence-corrected chi connectivity index (χ4v) is 7.80. The number of nitrogens with one attached hydrogen (secondary N) is 2. The van der Waals surface area contributed by atoms with Crippen molar-refractivity contribution in [1.29, 1.82) is 0 Å². The Kier molecular flexibility index (Phi) is 8.56. The molecule has 2 N–H and O–H groups in total. The van der Waals surface area contributed by atoms with E-state index in [0.29, 0.717) is 40.0 Å². The molecule has 2 aliphatic heterocycles. The number of nitrogens with zero attached hydrogens (tertiary/aromatic N) is 2. The fraction of sp³-hybridized carbons (Fsp3) is 0.355. The van der Waals surface area contributed by atoms with Crippen LogP contribution in [0.15, 0.2) is 71.6 Å². The molecule has 1 atom stereocenters. The second kappa shape index (κ2) is 12.1. The summed E-state index contributed by atoms with van der Waals surface area (Å²) in [6.45, 7) is 5.82. The molecule has 0 aliphatic carbocycles. The Morgan fingerprint density at radius 2 is 1.68 bits per heavy atom. The van der Waals surface area contributed by atoms with Crippen LogP contribution in [-0.2, 0) is 19.6 Å². The minimum Gasteiger partial charge on any atom is -0.372 e. The normalized spacial score (nSPS) is 17.6. The van der Waals surface area contributed by atoms with E-state index in [9.17, 15) is 18.0 Å². The highest BCUT2D eigenvalue weighted by Gasteiger charge is 2.42. The lowest BCUT2D eigenvalue weighted by molar-refractivity contribution is -0.125. The molecule has 0 spiro atoms. The molecule has 2 aliphatic rings. The maximum Gasteiger partial charge on any atom is 0.265 e. The number of carbonyl (C=O) groups excluding carboxylic acids is 2. The predicted molar refractivity (Wildman–Crippen MR) is 163 cm³/mol. The molecule has 41 heavy (non-hydrogen) atoms. The molecule has 0 radical (unpaired) electrons.